The summed E-state index contributed by atoms with van der Waals surface area (Å²) in [6.07, 6.45) is -0.158. The molecule has 5 nitrogen and oxygen atoms in total. The molecule has 1 unspecified atom stereocenters. The van der Waals surface area contributed by atoms with Gasteiger partial charge in [-0.05, 0) is 24.6 Å². The van der Waals surface area contributed by atoms with Gasteiger partial charge in [0.2, 0.25) is 5.91 Å². The van der Waals surface area contributed by atoms with Crippen LogP contribution < -0.4 is 10.1 Å². The van der Waals surface area contributed by atoms with Gasteiger partial charge in [-0.25, -0.2) is 0 Å². The van der Waals surface area contributed by atoms with Crippen LogP contribution in [0, 0.1) is 0 Å². The maximum absolute atomic E-state index is 11.1. The molecule has 98 valence electrons. The summed E-state index contributed by atoms with van der Waals surface area (Å²) in [5.74, 6) is -0.561. The standard InChI is InChI=1S/C13H17NO4/c1-3-18-11-6-4-5-10(7-11)12(8-13(16)17)14-9(2)15/h4-7,12H,3,8H2,1-2H3,(H,14,15)(H,16,17). The summed E-state index contributed by atoms with van der Waals surface area (Å²) in [5.41, 5.74) is 0.721. The molecule has 0 aromatic heterocycles. The summed E-state index contributed by atoms with van der Waals surface area (Å²) in [7, 11) is 0. The molecule has 0 aliphatic rings. The van der Waals surface area contributed by atoms with Crippen LogP contribution >= 0.6 is 0 Å². The van der Waals surface area contributed by atoms with E-state index >= 15 is 0 Å². The van der Waals surface area contributed by atoms with Crippen molar-refractivity contribution in [3.63, 3.8) is 0 Å². The van der Waals surface area contributed by atoms with Crippen molar-refractivity contribution in [2.75, 3.05) is 6.61 Å². The van der Waals surface area contributed by atoms with Crippen LogP contribution in [0.4, 0.5) is 0 Å². The van der Waals surface area contributed by atoms with Gasteiger partial charge in [0.05, 0.1) is 19.1 Å². The fourth-order valence-electron chi connectivity index (χ4n) is 1.66. The Labute approximate surface area is 106 Å². The topological polar surface area (TPSA) is 75.6 Å². The van der Waals surface area contributed by atoms with E-state index in [0.29, 0.717) is 12.4 Å². The smallest absolute Gasteiger partial charge is 0.305 e. The van der Waals surface area contributed by atoms with E-state index in [2.05, 4.69) is 5.32 Å². The second-order valence-electron chi connectivity index (χ2n) is 3.86. The first-order valence-corrected chi connectivity index (χ1v) is 5.74. The van der Waals surface area contributed by atoms with E-state index in [-0.39, 0.29) is 12.3 Å². The molecule has 1 atom stereocenters. The SMILES string of the molecule is CCOc1cccc(C(CC(=O)O)NC(C)=O)c1. The summed E-state index contributed by atoms with van der Waals surface area (Å²) >= 11 is 0. The predicted octanol–water partition coefficient (Wildman–Crippen LogP) is 1.74. The Kier molecular flexibility index (Phi) is 5.17. The molecule has 18 heavy (non-hydrogen) atoms. The highest BCUT2D eigenvalue weighted by atomic mass is 16.5. The molecule has 5 heteroatoms. The fraction of sp³-hybridized carbons (Fsp3) is 0.385. The highest BCUT2D eigenvalue weighted by Crippen LogP contribution is 2.21. The largest absolute Gasteiger partial charge is 0.494 e. The Hall–Kier alpha value is -2.04. The monoisotopic (exact) mass is 251 g/mol. The molecule has 0 fully saturated rings. The lowest BCUT2D eigenvalue weighted by Gasteiger charge is -2.17. The molecule has 0 saturated heterocycles. The second-order valence-corrected chi connectivity index (χ2v) is 3.86. The molecule has 0 aliphatic heterocycles. The van der Waals surface area contributed by atoms with Gasteiger partial charge >= 0.3 is 5.97 Å². The van der Waals surface area contributed by atoms with Crippen molar-refractivity contribution < 1.29 is 19.4 Å². The van der Waals surface area contributed by atoms with Gasteiger partial charge in [0.15, 0.2) is 0 Å². The molecule has 0 bridgehead atoms. The molecule has 1 aromatic carbocycles. The van der Waals surface area contributed by atoms with E-state index in [4.69, 9.17) is 9.84 Å². The minimum Gasteiger partial charge on any atom is -0.494 e. The molecule has 2 N–H and O–H groups in total. The molecule has 0 heterocycles. The summed E-state index contributed by atoms with van der Waals surface area (Å²) in [4.78, 5) is 21.9. The van der Waals surface area contributed by atoms with Crippen molar-refractivity contribution in [1.82, 2.24) is 5.32 Å². The number of hydrogen-bond acceptors (Lipinski definition) is 3. The van der Waals surface area contributed by atoms with Crippen molar-refractivity contribution in [1.29, 1.82) is 0 Å². The van der Waals surface area contributed by atoms with Crippen molar-refractivity contribution >= 4 is 11.9 Å². The predicted molar refractivity (Wildman–Crippen MR) is 66.4 cm³/mol. The number of carboxylic acids is 1. The Morgan fingerprint density at radius 3 is 2.72 bits per heavy atom. The number of hydrogen-bond donors (Lipinski definition) is 2. The lowest BCUT2D eigenvalue weighted by Crippen LogP contribution is -2.28. The molecule has 0 radical (unpaired) electrons. The highest BCUT2D eigenvalue weighted by molar-refractivity contribution is 5.75. The number of ether oxygens (including phenoxy) is 1. The van der Waals surface area contributed by atoms with Crippen LogP contribution in [-0.4, -0.2) is 23.6 Å². The minimum atomic E-state index is -0.962. The Morgan fingerprint density at radius 2 is 2.17 bits per heavy atom. The maximum atomic E-state index is 11.1. The Balaban J connectivity index is 2.92. The summed E-state index contributed by atoms with van der Waals surface area (Å²) in [6.45, 7) is 3.77. The van der Waals surface area contributed by atoms with Crippen molar-refractivity contribution in [3.8, 4) is 5.75 Å². The van der Waals surface area contributed by atoms with Crippen molar-refractivity contribution in [2.45, 2.75) is 26.3 Å². The lowest BCUT2D eigenvalue weighted by atomic mass is 10.0. The number of rotatable bonds is 6. The van der Waals surface area contributed by atoms with Crippen LogP contribution in [0.5, 0.6) is 5.75 Å². The molecular formula is C13H17NO4. The van der Waals surface area contributed by atoms with Gasteiger partial charge in [-0.15, -0.1) is 0 Å². The van der Waals surface area contributed by atoms with Crippen LogP contribution in [0.15, 0.2) is 24.3 Å². The quantitative estimate of drug-likeness (QED) is 0.807. The van der Waals surface area contributed by atoms with Crippen LogP contribution in [0.25, 0.3) is 0 Å². The van der Waals surface area contributed by atoms with Crippen LogP contribution in [0.2, 0.25) is 0 Å². The average molecular weight is 251 g/mol. The average Bonchev–Trinajstić information content (AvgIpc) is 2.28. The first-order valence-electron chi connectivity index (χ1n) is 5.74. The molecule has 0 aliphatic carbocycles. The molecule has 0 saturated carbocycles. The van der Waals surface area contributed by atoms with Gasteiger partial charge in [0.25, 0.3) is 0 Å². The molecule has 0 spiro atoms. The van der Waals surface area contributed by atoms with E-state index in [1.165, 1.54) is 6.92 Å². The first kappa shape index (κ1) is 14.0. The Bertz CT molecular complexity index is 415. The minimum absolute atomic E-state index is 0.158. The number of amides is 1. The number of benzene rings is 1. The third-order valence-corrected chi connectivity index (χ3v) is 2.33. The van der Waals surface area contributed by atoms with Gasteiger partial charge in [0, 0.05) is 6.92 Å². The second kappa shape index (κ2) is 6.64. The molecule has 1 amide bonds. The zero-order valence-corrected chi connectivity index (χ0v) is 10.5. The van der Waals surface area contributed by atoms with Gasteiger partial charge in [-0.3, -0.25) is 9.59 Å². The van der Waals surface area contributed by atoms with Gasteiger partial charge in [0.1, 0.15) is 5.75 Å². The molecular weight excluding hydrogens is 234 g/mol. The zero-order valence-electron chi connectivity index (χ0n) is 10.5. The summed E-state index contributed by atoms with van der Waals surface area (Å²) in [5, 5.41) is 11.5. The van der Waals surface area contributed by atoms with E-state index in [1.54, 1.807) is 24.3 Å². The highest BCUT2D eigenvalue weighted by Gasteiger charge is 2.16. The van der Waals surface area contributed by atoms with Gasteiger partial charge < -0.3 is 15.2 Å². The van der Waals surface area contributed by atoms with Gasteiger partial charge in [-0.2, -0.15) is 0 Å². The van der Waals surface area contributed by atoms with Crippen molar-refractivity contribution in [3.05, 3.63) is 29.8 Å². The van der Waals surface area contributed by atoms with Crippen LogP contribution in [-0.2, 0) is 9.59 Å². The third-order valence-electron chi connectivity index (χ3n) is 2.33. The van der Waals surface area contributed by atoms with Crippen molar-refractivity contribution in [2.24, 2.45) is 0 Å². The normalized spacial score (nSPS) is 11.7. The Morgan fingerprint density at radius 1 is 1.44 bits per heavy atom. The number of nitrogens with one attached hydrogen (secondary N) is 1. The summed E-state index contributed by atoms with van der Waals surface area (Å²) < 4.78 is 5.35. The summed E-state index contributed by atoms with van der Waals surface area (Å²) in [6, 6.07) is 6.54. The van der Waals surface area contributed by atoms with E-state index in [9.17, 15) is 9.59 Å². The molecule has 1 rings (SSSR count). The maximum Gasteiger partial charge on any atom is 0.305 e. The zero-order chi connectivity index (χ0) is 13.5. The number of carbonyl (C=O) groups is 2. The lowest BCUT2D eigenvalue weighted by molar-refractivity contribution is -0.137. The number of carbonyl (C=O) groups excluding carboxylic acids is 1. The first-order chi connectivity index (χ1) is 8.52. The van der Waals surface area contributed by atoms with Crippen LogP contribution in [0.1, 0.15) is 31.9 Å². The van der Waals surface area contributed by atoms with E-state index < -0.39 is 12.0 Å². The van der Waals surface area contributed by atoms with Gasteiger partial charge in [-0.1, -0.05) is 12.1 Å². The van der Waals surface area contributed by atoms with E-state index in [1.807, 2.05) is 6.92 Å². The molecule has 1 aromatic rings. The fourth-order valence-corrected chi connectivity index (χ4v) is 1.66. The number of aliphatic carboxylic acids is 1. The number of carboxylic acid groups (broad SMARTS) is 1. The van der Waals surface area contributed by atoms with E-state index in [0.717, 1.165) is 5.56 Å². The third kappa shape index (κ3) is 4.45. The van der Waals surface area contributed by atoms with Crippen LogP contribution in [0.3, 0.4) is 0 Å².